The van der Waals surface area contributed by atoms with E-state index in [-0.39, 0.29) is 10.8 Å². The third kappa shape index (κ3) is 7.05. The summed E-state index contributed by atoms with van der Waals surface area (Å²) in [7, 11) is 0. The van der Waals surface area contributed by atoms with Crippen molar-refractivity contribution in [2.45, 2.75) is 38.9 Å². The molecule has 1 unspecified atom stereocenters. The number of alkyl halides is 1. The van der Waals surface area contributed by atoms with Crippen LogP contribution in [-0.2, 0) is 9.53 Å². The molecule has 0 spiro atoms. The maximum Gasteiger partial charge on any atom is 0.319 e. The van der Waals surface area contributed by atoms with Gasteiger partial charge in [-0.2, -0.15) is 0 Å². The molecule has 0 aromatic carbocycles. The number of ether oxygens (including phenoxy) is 1. The molecule has 78 valence electrons. The molecular weight excluding hydrogens is 232 g/mol. The summed E-state index contributed by atoms with van der Waals surface area (Å²) in [6.07, 6.45) is 0.830. The Kier molecular flexibility index (Phi) is 6.39. The summed E-state index contributed by atoms with van der Waals surface area (Å²) < 4.78 is 5.08. The molecule has 0 N–H and O–H groups in total. The zero-order chi connectivity index (χ0) is 10.4. The highest BCUT2D eigenvalue weighted by Gasteiger charge is 2.17. The van der Waals surface area contributed by atoms with Gasteiger partial charge < -0.3 is 4.74 Å². The first-order valence-electron chi connectivity index (χ1n) is 4.74. The maximum atomic E-state index is 11.3. The number of hydrogen-bond donors (Lipinski definition) is 0. The molecule has 0 saturated heterocycles. The minimum atomic E-state index is -0.147. The largest absolute Gasteiger partial charge is 0.465 e. The topological polar surface area (TPSA) is 26.3 Å². The molecule has 0 fully saturated rings. The molecule has 3 heteroatoms. The lowest BCUT2D eigenvalue weighted by molar-refractivity contribution is -0.144. The van der Waals surface area contributed by atoms with Crippen LogP contribution in [0.5, 0.6) is 0 Å². The second-order valence-corrected chi connectivity index (χ2v) is 5.23. The maximum absolute atomic E-state index is 11.3. The second kappa shape index (κ2) is 6.41. The molecule has 0 aliphatic heterocycles. The minimum absolute atomic E-state index is 0.137. The van der Waals surface area contributed by atoms with E-state index in [1.54, 1.807) is 0 Å². The van der Waals surface area contributed by atoms with E-state index in [9.17, 15) is 4.79 Å². The van der Waals surface area contributed by atoms with Crippen LogP contribution < -0.4 is 0 Å². The standard InChI is InChI=1S/C10H19BrO2/c1-7(2)5-9(11)10(12)13-6-8(3)4/h7-9H,5-6H2,1-4H3. The van der Waals surface area contributed by atoms with Crippen molar-refractivity contribution in [2.75, 3.05) is 6.61 Å². The average Bonchev–Trinajstić information content (AvgIpc) is 1.98. The molecule has 0 aromatic rings. The molecule has 0 aromatic heterocycles. The summed E-state index contributed by atoms with van der Waals surface area (Å²) in [6, 6.07) is 0. The second-order valence-electron chi connectivity index (χ2n) is 4.12. The Morgan fingerprint density at radius 1 is 1.23 bits per heavy atom. The molecule has 0 aliphatic carbocycles. The van der Waals surface area contributed by atoms with E-state index in [1.807, 2.05) is 13.8 Å². The lowest BCUT2D eigenvalue weighted by Gasteiger charge is -2.13. The summed E-state index contributed by atoms with van der Waals surface area (Å²) in [5.41, 5.74) is 0. The van der Waals surface area contributed by atoms with Crippen LogP contribution in [0.4, 0.5) is 0 Å². The molecular formula is C10H19BrO2. The van der Waals surface area contributed by atoms with Crippen molar-refractivity contribution in [1.29, 1.82) is 0 Å². The van der Waals surface area contributed by atoms with Gasteiger partial charge >= 0.3 is 5.97 Å². The van der Waals surface area contributed by atoms with Crippen molar-refractivity contribution in [2.24, 2.45) is 11.8 Å². The summed E-state index contributed by atoms with van der Waals surface area (Å²) in [4.78, 5) is 11.2. The molecule has 0 saturated carbocycles. The molecule has 0 radical (unpaired) electrons. The number of rotatable bonds is 5. The lowest BCUT2D eigenvalue weighted by Crippen LogP contribution is -2.21. The lowest BCUT2D eigenvalue weighted by atomic mass is 10.1. The summed E-state index contributed by atoms with van der Waals surface area (Å²) in [5, 5.41) is 0. The van der Waals surface area contributed by atoms with Gasteiger partial charge in [0.05, 0.1) is 6.61 Å². The van der Waals surface area contributed by atoms with Crippen LogP contribution in [0.15, 0.2) is 0 Å². The van der Waals surface area contributed by atoms with Gasteiger partial charge in [-0.15, -0.1) is 0 Å². The highest BCUT2D eigenvalue weighted by molar-refractivity contribution is 9.10. The smallest absolute Gasteiger partial charge is 0.319 e. The van der Waals surface area contributed by atoms with Crippen molar-refractivity contribution in [1.82, 2.24) is 0 Å². The molecule has 0 amide bonds. The summed E-state index contributed by atoms with van der Waals surface area (Å²) >= 11 is 3.32. The first-order chi connectivity index (χ1) is 5.93. The zero-order valence-electron chi connectivity index (χ0n) is 8.84. The normalized spacial score (nSPS) is 13.5. The first kappa shape index (κ1) is 12.9. The van der Waals surface area contributed by atoms with Gasteiger partial charge in [0.2, 0.25) is 0 Å². The van der Waals surface area contributed by atoms with Gasteiger partial charge in [0.1, 0.15) is 4.83 Å². The van der Waals surface area contributed by atoms with Crippen LogP contribution in [0.2, 0.25) is 0 Å². The van der Waals surface area contributed by atoms with Gasteiger partial charge in [0, 0.05) is 0 Å². The SMILES string of the molecule is CC(C)COC(=O)C(Br)CC(C)C. The number of halogens is 1. The Morgan fingerprint density at radius 3 is 2.15 bits per heavy atom. The predicted octanol–water partition coefficient (Wildman–Crippen LogP) is 3.00. The Labute approximate surface area is 89.2 Å². The van der Waals surface area contributed by atoms with E-state index in [4.69, 9.17) is 4.74 Å². The highest BCUT2D eigenvalue weighted by Crippen LogP contribution is 2.14. The van der Waals surface area contributed by atoms with Gasteiger partial charge in [0.25, 0.3) is 0 Å². The average molecular weight is 251 g/mol. The van der Waals surface area contributed by atoms with E-state index in [0.717, 1.165) is 6.42 Å². The van der Waals surface area contributed by atoms with Crippen LogP contribution in [0.3, 0.4) is 0 Å². The number of hydrogen-bond acceptors (Lipinski definition) is 2. The third-order valence-corrected chi connectivity index (χ3v) is 2.24. The summed E-state index contributed by atoms with van der Waals surface area (Å²) in [5.74, 6) is 0.779. The number of carbonyl (C=O) groups excluding carboxylic acids is 1. The fraction of sp³-hybridized carbons (Fsp3) is 0.900. The molecule has 0 heterocycles. The third-order valence-electron chi connectivity index (χ3n) is 1.49. The summed E-state index contributed by atoms with van der Waals surface area (Å²) in [6.45, 7) is 8.74. The molecule has 0 aliphatic rings. The molecule has 0 rings (SSSR count). The minimum Gasteiger partial charge on any atom is -0.465 e. The van der Waals surface area contributed by atoms with Crippen LogP contribution in [0, 0.1) is 11.8 Å². The van der Waals surface area contributed by atoms with E-state index < -0.39 is 0 Å². The Morgan fingerprint density at radius 2 is 1.77 bits per heavy atom. The fourth-order valence-electron chi connectivity index (χ4n) is 0.849. The molecule has 1 atom stereocenters. The van der Waals surface area contributed by atoms with Crippen molar-refractivity contribution >= 4 is 21.9 Å². The van der Waals surface area contributed by atoms with E-state index >= 15 is 0 Å². The van der Waals surface area contributed by atoms with Crippen molar-refractivity contribution in [3.63, 3.8) is 0 Å². The molecule has 0 bridgehead atoms. The molecule has 2 nitrogen and oxygen atoms in total. The van der Waals surface area contributed by atoms with Crippen LogP contribution in [0.1, 0.15) is 34.1 Å². The Balaban J connectivity index is 3.69. The van der Waals surface area contributed by atoms with Crippen molar-refractivity contribution < 1.29 is 9.53 Å². The predicted molar refractivity (Wildman–Crippen MR) is 58.0 cm³/mol. The van der Waals surface area contributed by atoms with Gasteiger partial charge in [-0.05, 0) is 18.3 Å². The van der Waals surface area contributed by atoms with Gasteiger partial charge in [-0.3, -0.25) is 4.79 Å². The zero-order valence-corrected chi connectivity index (χ0v) is 10.4. The van der Waals surface area contributed by atoms with Gasteiger partial charge in [-0.1, -0.05) is 43.6 Å². The van der Waals surface area contributed by atoms with Crippen LogP contribution >= 0.6 is 15.9 Å². The number of esters is 1. The monoisotopic (exact) mass is 250 g/mol. The van der Waals surface area contributed by atoms with Crippen molar-refractivity contribution in [3.8, 4) is 0 Å². The Hall–Kier alpha value is -0.0500. The van der Waals surface area contributed by atoms with E-state index in [2.05, 4.69) is 29.8 Å². The van der Waals surface area contributed by atoms with Gasteiger partial charge in [-0.25, -0.2) is 0 Å². The highest BCUT2D eigenvalue weighted by atomic mass is 79.9. The fourth-order valence-corrected chi connectivity index (χ4v) is 1.73. The van der Waals surface area contributed by atoms with E-state index in [0.29, 0.717) is 18.4 Å². The number of carbonyl (C=O) groups is 1. The van der Waals surface area contributed by atoms with Crippen molar-refractivity contribution in [3.05, 3.63) is 0 Å². The van der Waals surface area contributed by atoms with Gasteiger partial charge in [0.15, 0.2) is 0 Å². The van der Waals surface area contributed by atoms with E-state index in [1.165, 1.54) is 0 Å². The van der Waals surface area contributed by atoms with Crippen LogP contribution in [-0.4, -0.2) is 17.4 Å². The molecule has 13 heavy (non-hydrogen) atoms. The van der Waals surface area contributed by atoms with Crippen LogP contribution in [0.25, 0.3) is 0 Å². The Bertz CT molecular complexity index is 155. The first-order valence-corrected chi connectivity index (χ1v) is 5.65. The quantitative estimate of drug-likeness (QED) is 0.554.